The van der Waals surface area contributed by atoms with Gasteiger partial charge in [0.1, 0.15) is 6.26 Å². The number of pyridine rings is 1. The first-order valence-corrected chi connectivity index (χ1v) is 7.99. The minimum atomic E-state index is -3.70. The number of hydrogen-bond donors (Lipinski definition) is 1. The van der Waals surface area contributed by atoms with Gasteiger partial charge in [0.25, 0.3) is 15.9 Å². The predicted octanol–water partition coefficient (Wildman–Crippen LogP) is 1.42. The van der Waals surface area contributed by atoms with Gasteiger partial charge in [0.05, 0.1) is 17.3 Å². The summed E-state index contributed by atoms with van der Waals surface area (Å²) in [5, 5.41) is 2.47. The first kappa shape index (κ1) is 16.2. The summed E-state index contributed by atoms with van der Waals surface area (Å²) in [6, 6.07) is 6.30. The molecular formula is C14H17N3O4S. The van der Waals surface area contributed by atoms with Gasteiger partial charge in [-0.3, -0.25) is 9.78 Å². The van der Waals surface area contributed by atoms with Crippen molar-refractivity contribution in [3.63, 3.8) is 0 Å². The molecule has 0 aliphatic heterocycles. The van der Waals surface area contributed by atoms with E-state index in [9.17, 15) is 13.2 Å². The largest absolute Gasteiger partial charge is 0.451 e. The molecule has 0 bridgehead atoms. The van der Waals surface area contributed by atoms with Crippen molar-refractivity contribution in [2.24, 2.45) is 0 Å². The molecule has 2 rings (SSSR count). The maximum atomic E-state index is 12.1. The van der Waals surface area contributed by atoms with Crippen molar-refractivity contribution in [3.05, 3.63) is 48.0 Å². The Morgan fingerprint density at radius 3 is 2.68 bits per heavy atom. The van der Waals surface area contributed by atoms with Crippen molar-refractivity contribution in [1.29, 1.82) is 0 Å². The van der Waals surface area contributed by atoms with Crippen LogP contribution in [0.2, 0.25) is 0 Å². The maximum absolute atomic E-state index is 12.1. The van der Waals surface area contributed by atoms with Gasteiger partial charge in [-0.15, -0.1) is 0 Å². The average Bonchev–Trinajstić information content (AvgIpc) is 2.98. The van der Waals surface area contributed by atoms with E-state index < -0.39 is 15.9 Å². The summed E-state index contributed by atoms with van der Waals surface area (Å²) in [6.45, 7) is 1.79. The third-order valence-corrected chi connectivity index (χ3v) is 4.74. The molecule has 0 aliphatic rings. The van der Waals surface area contributed by atoms with Crippen molar-refractivity contribution in [2.75, 3.05) is 14.1 Å². The van der Waals surface area contributed by atoms with Crippen LogP contribution in [0.3, 0.4) is 0 Å². The monoisotopic (exact) mass is 323 g/mol. The Morgan fingerprint density at radius 1 is 1.36 bits per heavy atom. The summed E-state index contributed by atoms with van der Waals surface area (Å²) in [5.41, 5.74) is 0.851. The number of carbonyl (C=O) groups excluding carboxylic acids is 1. The van der Waals surface area contributed by atoms with E-state index in [1.165, 1.54) is 20.2 Å². The second-order valence-corrected chi connectivity index (χ2v) is 6.97. The summed E-state index contributed by atoms with van der Waals surface area (Å²) in [6.07, 6.45) is 2.76. The number of furan rings is 1. The Hall–Kier alpha value is -2.19. The van der Waals surface area contributed by atoms with Gasteiger partial charge < -0.3 is 9.73 Å². The van der Waals surface area contributed by atoms with Gasteiger partial charge in [0.15, 0.2) is 0 Å². The molecule has 1 atom stereocenters. The molecule has 2 aromatic heterocycles. The summed E-state index contributed by atoms with van der Waals surface area (Å²) in [7, 11) is -0.917. The van der Waals surface area contributed by atoms with E-state index in [4.69, 9.17) is 4.42 Å². The second kappa shape index (κ2) is 6.29. The lowest BCUT2D eigenvalue weighted by molar-refractivity contribution is 0.0938. The third kappa shape index (κ3) is 3.34. The number of sulfonamides is 1. The lowest BCUT2D eigenvalue weighted by Crippen LogP contribution is -2.27. The molecule has 0 aromatic carbocycles. The minimum Gasteiger partial charge on any atom is -0.451 e. The van der Waals surface area contributed by atoms with Crippen molar-refractivity contribution < 1.29 is 17.6 Å². The lowest BCUT2D eigenvalue weighted by atomic mass is 10.2. The van der Waals surface area contributed by atoms with Crippen LogP contribution in [0.25, 0.3) is 0 Å². The molecule has 0 radical (unpaired) electrons. The van der Waals surface area contributed by atoms with Crippen molar-refractivity contribution in [3.8, 4) is 0 Å². The second-order valence-electron chi connectivity index (χ2n) is 4.89. The Morgan fingerprint density at radius 2 is 2.09 bits per heavy atom. The van der Waals surface area contributed by atoms with Crippen molar-refractivity contribution in [2.45, 2.75) is 18.1 Å². The smallest absolute Gasteiger partial charge is 0.275 e. The van der Waals surface area contributed by atoms with Crippen molar-refractivity contribution >= 4 is 15.9 Å². The quantitative estimate of drug-likeness (QED) is 0.898. The first-order chi connectivity index (χ1) is 10.3. The molecule has 0 saturated carbocycles. The Labute approximate surface area is 129 Å². The lowest BCUT2D eigenvalue weighted by Gasteiger charge is -2.12. The van der Waals surface area contributed by atoms with Gasteiger partial charge in [-0.05, 0) is 19.1 Å². The van der Waals surface area contributed by atoms with Crippen LogP contribution in [-0.2, 0) is 10.0 Å². The highest BCUT2D eigenvalue weighted by Crippen LogP contribution is 2.18. The van der Waals surface area contributed by atoms with Crippen LogP contribution in [-0.4, -0.2) is 37.7 Å². The molecule has 2 heterocycles. The van der Waals surface area contributed by atoms with Crippen LogP contribution < -0.4 is 5.32 Å². The van der Waals surface area contributed by atoms with Crippen LogP contribution >= 0.6 is 0 Å². The molecule has 0 saturated heterocycles. The first-order valence-electron chi connectivity index (χ1n) is 6.55. The Balaban J connectivity index is 2.13. The fourth-order valence-electron chi connectivity index (χ4n) is 1.74. The summed E-state index contributed by atoms with van der Waals surface area (Å²) in [4.78, 5) is 16.3. The van der Waals surface area contributed by atoms with E-state index in [-0.39, 0.29) is 16.7 Å². The van der Waals surface area contributed by atoms with Gasteiger partial charge in [0.2, 0.25) is 5.09 Å². The van der Waals surface area contributed by atoms with Gasteiger partial charge in [-0.1, -0.05) is 6.07 Å². The fourth-order valence-corrected chi connectivity index (χ4v) is 2.54. The molecule has 0 fully saturated rings. The van der Waals surface area contributed by atoms with Crippen LogP contribution in [0, 0.1) is 0 Å². The predicted molar refractivity (Wildman–Crippen MR) is 79.7 cm³/mol. The van der Waals surface area contributed by atoms with Crippen LogP contribution in [0.15, 0.2) is 46.2 Å². The molecule has 1 N–H and O–H groups in total. The number of hydrogen-bond acceptors (Lipinski definition) is 5. The van der Waals surface area contributed by atoms with E-state index in [1.807, 2.05) is 6.07 Å². The summed E-state index contributed by atoms with van der Waals surface area (Å²) >= 11 is 0. The van der Waals surface area contributed by atoms with Crippen LogP contribution in [0.4, 0.5) is 0 Å². The molecule has 1 unspecified atom stereocenters. The average molecular weight is 323 g/mol. The molecule has 22 heavy (non-hydrogen) atoms. The molecule has 7 nitrogen and oxygen atoms in total. The minimum absolute atomic E-state index is 0.142. The Kier molecular flexibility index (Phi) is 4.62. The number of carbonyl (C=O) groups is 1. The number of amides is 1. The molecule has 1 amide bonds. The molecule has 0 aliphatic carbocycles. The molecule has 8 heteroatoms. The third-order valence-electron chi connectivity index (χ3n) is 3.05. The van der Waals surface area contributed by atoms with Crippen LogP contribution in [0.1, 0.15) is 29.0 Å². The van der Waals surface area contributed by atoms with E-state index in [1.54, 1.807) is 25.3 Å². The Bertz CT molecular complexity index is 753. The number of rotatable bonds is 5. The zero-order chi connectivity index (χ0) is 16.3. The zero-order valence-electron chi connectivity index (χ0n) is 12.5. The highest BCUT2D eigenvalue weighted by Gasteiger charge is 2.24. The highest BCUT2D eigenvalue weighted by atomic mass is 32.2. The maximum Gasteiger partial charge on any atom is 0.275 e. The normalized spacial score (nSPS) is 13.1. The SMILES string of the molecule is CC(NC(=O)c1coc(S(=O)(=O)N(C)C)c1)c1ccccn1. The van der Waals surface area contributed by atoms with E-state index in [0.29, 0.717) is 5.69 Å². The number of aromatic nitrogens is 1. The zero-order valence-corrected chi connectivity index (χ0v) is 13.3. The van der Waals surface area contributed by atoms with Gasteiger partial charge >= 0.3 is 0 Å². The van der Waals surface area contributed by atoms with Crippen molar-refractivity contribution in [1.82, 2.24) is 14.6 Å². The standard InChI is InChI=1S/C14H17N3O4S/c1-10(12-6-4-5-7-15-12)16-14(18)11-8-13(21-9-11)22(19,20)17(2)3/h4-10H,1-3H3,(H,16,18). The van der Waals surface area contributed by atoms with Gasteiger partial charge in [-0.25, -0.2) is 12.7 Å². The summed E-state index contributed by atoms with van der Waals surface area (Å²) < 4.78 is 29.8. The molecular weight excluding hydrogens is 306 g/mol. The van der Waals surface area contributed by atoms with E-state index in [2.05, 4.69) is 10.3 Å². The number of nitrogens with zero attached hydrogens (tertiary/aromatic N) is 2. The number of nitrogens with one attached hydrogen (secondary N) is 1. The molecule has 0 spiro atoms. The fraction of sp³-hybridized carbons (Fsp3) is 0.286. The summed E-state index contributed by atoms with van der Waals surface area (Å²) in [5.74, 6) is -0.429. The van der Waals surface area contributed by atoms with E-state index >= 15 is 0 Å². The molecule has 118 valence electrons. The van der Waals surface area contributed by atoms with Gasteiger partial charge in [-0.2, -0.15) is 0 Å². The van der Waals surface area contributed by atoms with Crippen LogP contribution in [0.5, 0.6) is 0 Å². The van der Waals surface area contributed by atoms with Gasteiger partial charge in [0, 0.05) is 26.4 Å². The van der Waals surface area contributed by atoms with E-state index in [0.717, 1.165) is 10.6 Å². The highest BCUT2D eigenvalue weighted by molar-refractivity contribution is 7.88. The molecule has 2 aromatic rings. The topological polar surface area (TPSA) is 92.5 Å².